The monoisotopic (exact) mass is 430 g/mol. The number of halogens is 1. The molecule has 0 aromatic heterocycles. The van der Waals surface area contributed by atoms with Gasteiger partial charge in [0.1, 0.15) is 18.1 Å². The van der Waals surface area contributed by atoms with Crippen LogP contribution in [0, 0.1) is 0 Å². The van der Waals surface area contributed by atoms with E-state index in [1.54, 1.807) is 6.92 Å². The van der Waals surface area contributed by atoms with Crippen molar-refractivity contribution in [2.45, 2.75) is 18.4 Å². The summed E-state index contributed by atoms with van der Waals surface area (Å²) >= 11 is 3.65. The number of rotatable bonds is 5. The van der Waals surface area contributed by atoms with E-state index in [-0.39, 0.29) is 10.7 Å². The summed E-state index contributed by atoms with van der Waals surface area (Å²) in [5.41, 5.74) is 8.78. The van der Waals surface area contributed by atoms with Crippen LogP contribution in [0.2, 0.25) is 0 Å². The molecule has 1 aliphatic heterocycles. The van der Waals surface area contributed by atoms with Crippen LogP contribution in [0.3, 0.4) is 0 Å². The zero-order valence-corrected chi connectivity index (χ0v) is 16.9. The van der Waals surface area contributed by atoms with Gasteiger partial charge in [0.2, 0.25) is 0 Å². The number of ether oxygens (including phenoxy) is 1. The SMILES string of the molecule is CC(=C=C1NN(C)S(c2ccc(OCc3ccccc3)cc2)=C1Br)C=O. The molecular weight excluding hydrogens is 412 g/mol. The van der Waals surface area contributed by atoms with Crippen molar-refractivity contribution in [2.75, 3.05) is 7.05 Å². The maximum Gasteiger partial charge on any atom is 0.153 e. The second-order valence-electron chi connectivity index (χ2n) is 5.71. The van der Waals surface area contributed by atoms with Gasteiger partial charge in [-0.15, -0.1) is 0 Å². The van der Waals surface area contributed by atoms with Crippen LogP contribution in [0.15, 0.2) is 76.5 Å². The van der Waals surface area contributed by atoms with Crippen molar-refractivity contribution < 1.29 is 9.53 Å². The second kappa shape index (κ2) is 8.52. The normalized spacial score (nSPS) is 16.8. The first-order chi connectivity index (χ1) is 12.6. The summed E-state index contributed by atoms with van der Waals surface area (Å²) in [6.45, 7) is 2.28. The molecule has 6 heteroatoms. The Balaban J connectivity index is 1.79. The molecule has 4 nitrogen and oxygen atoms in total. The third-order valence-corrected chi connectivity index (χ3v) is 6.92. The fraction of sp³-hybridized carbons (Fsp3) is 0.150. The summed E-state index contributed by atoms with van der Waals surface area (Å²) in [5.74, 6) is 0.833. The van der Waals surface area contributed by atoms with Crippen LogP contribution in [0.1, 0.15) is 12.5 Å². The predicted molar refractivity (Wildman–Crippen MR) is 110 cm³/mol. The number of allylic oxidation sites excluding steroid dienone is 1. The Morgan fingerprint density at radius 3 is 2.58 bits per heavy atom. The van der Waals surface area contributed by atoms with E-state index in [9.17, 15) is 4.79 Å². The number of aldehydes is 1. The molecule has 0 fully saturated rings. The average Bonchev–Trinajstić information content (AvgIpc) is 2.94. The maximum atomic E-state index is 10.8. The van der Waals surface area contributed by atoms with E-state index in [4.69, 9.17) is 4.74 Å². The Kier molecular flexibility index (Phi) is 6.12. The standard InChI is InChI=1S/C20H19BrN2O2S/c1-15(13-24)12-19-20(21)26(23(2)22-19)18-10-8-17(9-11-18)25-14-16-6-4-3-5-7-16/h3-11,13,22H,14H2,1-2H3. The number of hydrazine groups is 1. The van der Waals surface area contributed by atoms with Crippen LogP contribution in [-0.2, 0) is 11.4 Å². The molecule has 0 aliphatic carbocycles. The van der Waals surface area contributed by atoms with Gasteiger partial charge in [-0.05, 0) is 63.4 Å². The molecule has 1 heterocycles. The van der Waals surface area contributed by atoms with Crippen LogP contribution in [-0.4, -0.2) is 21.5 Å². The van der Waals surface area contributed by atoms with Crippen LogP contribution in [0.4, 0.5) is 0 Å². The van der Waals surface area contributed by atoms with E-state index in [1.165, 1.54) is 0 Å². The molecule has 0 bridgehead atoms. The van der Waals surface area contributed by atoms with E-state index in [0.717, 1.165) is 32.0 Å². The van der Waals surface area contributed by atoms with Gasteiger partial charge in [-0.25, -0.2) is 0 Å². The van der Waals surface area contributed by atoms with Gasteiger partial charge in [0, 0.05) is 17.5 Å². The molecule has 134 valence electrons. The lowest BCUT2D eigenvalue weighted by atomic mass is 10.2. The van der Waals surface area contributed by atoms with Crippen molar-refractivity contribution >= 4 is 36.7 Å². The quantitative estimate of drug-likeness (QED) is 0.250. The van der Waals surface area contributed by atoms with Crippen molar-refractivity contribution in [3.05, 3.63) is 77.2 Å². The number of hydrogen-bond acceptors (Lipinski definition) is 4. The summed E-state index contributed by atoms with van der Waals surface area (Å²) in [6, 6.07) is 18.2. The highest BCUT2D eigenvalue weighted by atomic mass is 79.9. The molecule has 0 spiro atoms. The van der Waals surface area contributed by atoms with Gasteiger partial charge in [0.25, 0.3) is 0 Å². The fourth-order valence-corrected chi connectivity index (χ4v) is 5.47. The van der Waals surface area contributed by atoms with Gasteiger partial charge in [0.05, 0.1) is 3.77 Å². The minimum absolute atomic E-state index is 0.306. The maximum absolute atomic E-state index is 10.8. The smallest absolute Gasteiger partial charge is 0.153 e. The summed E-state index contributed by atoms with van der Waals surface area (Å²) in [6.07, 6.45) is 0.796. The molecule has 26 heavy (non-hydrogen) atoms. The molecule has 3 rings (SSSR count). The number of benzene rings is 2. The highest BCUT2D eigenvalue weighted by molar-refractivity contribution is 9.20. The molecule has 0 amide bonds. The lowest BCUT2D eigenvalue weighted by Gasteiger charge is -2.16. The first kappa shape index (κ1) is 18.7. The lowest BCUT2D eigenvalue weighted by Crippen LogP contribution is -2.23. The minimum atomic E-state index is -0.306. The highest BCUT2D eigenvalue weighted by Gasteiger charge is 2.23. The number of carbonyl (C=O) groups excluding carboxylic acids is 1. The molecule has 0 saturated carbocycles. The topological polar surface area (TPSA) is 41.6 Å². The van der Waals surface area contributed by atoms with Gasteiger partial charge in [-0.1, -0.05) is 36.1 Å². The van der Waals surface area contributed by atoms with Crippen molar-refractivity contribution in [1.82, 2.24) is 9.84 Å². The van der Waals surface area contributed by atoms with Crippen molar-refractivity contribution in [3.8, 4) is 5.75 Å². The molecular formula is C20H19BrN2O2S. The predicted octanol–water partition coefficient (Wildman–Crippen LogP) is 4.41. The van der Waals surface area contributed by atoms with E-state index >= 15 is 0 Å². The molecule has 0 radical (unpaired) electrons. The largest absolute Gasteiger partial charge is 0.489 e. The summed E-state index contributed by atoms with van der Waals surface area (Å²) in [5, 5.41) is 0. The number of hydrogen-bond donors (Lipinski definition) is 1. The van der Waals surface area contributed by atoms with Gasteiger partial charge >= 0.3 is 0 Å². The number of nitrogens with one attached hydrogen (secondary N) is 1. The Hall–Kier alpha value is -2.11. The lowest BCUT2D eigenvalue weighted by molar-refractivity contribution is -0.104. The average molecular weight is 431 g/mol. The fourth-order valence-electron chi connectivity index (χ4n) is 2.43. The van der Waals surface area contributed by atoms with E-state index < -0.39 is 0 Å². The van der Waals surface area contributed by atoms with Crippen LogP contribution in [0.25, 0.3) is 0 Å². The first-order valence-corrected chi connectivity index (χ1v) is 10.0. The summed E-state index contributed by atoms with van der Waals surface area (Å²) < 4.78 is 8.82. The molecule has 1 atom stereocenters. The van der Waals surface area contributed by atoms with Crippen LogP contribution < -0.4 is 10.2 Å². The summed E-state index contributed by atoms with van der Waals surface area (Å²) in [4.78, 5) is 12.0. The van der Waals surface area contributed by atoms with Crippen molar-refractivity contribution in [3.63, 3.8) is 0 Å². The van der Waals surface area contributed by atoms with E-state index in [1.807, 2.05) is 53.9 Å². The zero-order chi connectivity index (χ0) is 18.5. The number of carbonyl (C=O) groups is 1. The van der Waals surface area contributed by atoms with Gasteiger partial charge < -0.3 is 10.2 Å². The zero-order valence-electron chi connectivity index (χ0n) is 14.5. The molecule has 0 saturated heterocycles. The van der Waals surface area contributed by atoms with Crippen molar-refractivity contribution in [1.29, 1.82) is 0 Å². The minimum Gasteiger partial charge on any atom is -0.489 e. The van der Waals surface area contributed by atoms with Gasteiger partial charge in [-0.2, -0.15) is 4.41 Å². The van der Waals surface area contributed by atoms with Crippen molar-refractivity contribution in [2.24, 2.45) is 0 Å². The molecule has 1 aliphatic rings. The Labute approximate surface area is 164 Å². The number of nitrogens with zero attached hydrogens (tertiary/aromatic N) is 1. The van der Waals surface area contributed by atoms with Gasteiger partial charge in [-0.3, -0.25) is 4.79 Å². The molecule has 1 N–H and O–H groups in total. The molecule has 2 aromatic carbocycles. The first-order valence-electron chi connectivity index (χ1n) is 8.05. The van der Waals surface area contributed by atoms with Crippen LogP contribution in [0.5, 0.6) is 5.75 Å². The summed E-state index contributed by atoms with van der Waals surface area (Å²) in [7, 11) is 1.66. The molecule has 1 unspecified atom stereocenters. The van der Waals surface area contributed by atoms with Gasteiger partial charge in [0.15, 0.2) is 6.29 Å². The Morgan fingerprint density at radius 1 is 1.23 bits per heavy atom. The van der Waals surface area contributed by atoms with E-state index in [0.29, 0.717) is 12.2 Å². The molecule has 2 aromatic rings. The second-order valence-corrected chi connectivity index (χ2v) is 9.03. The third kappa shape index (κ3) is 4.34. The highest BCUT2D eigenvalue weighted by Crippen LogP contribution is 2.38. The Morgan fingerprint density at radius 2 is 1.92 bits per heavy atom. The third-order valence-electron chi connectivity index (χ3n) is 3.70. The van der Waals surface area contributed by atoms with E-state index in [2.05, 4.69) is 39.2 Å². The van der Waals surface area contributed by atoms with Crippen LogP contribution >= 0.6 is 26.6 Å². The Bertz CT molecular complexity index is 901.